The number of Topliss-reactive ketones (excluding diaryl/α,β-unsaturated/α-hetero) is 1. The Morgan fingerprint density at radius 3 is 2.74 bits per heavy atom. The van der Waals surface area contributed by atoms with Crippen molar-refractivity contribution in [2.24, 2.45) is 0 Å². The van der Waals surface area contributed by atoms with Crippen LogP contribution in [0.5, 0.6) is 5.75 Å². The molecular weight excluding hydrogens is 256 g/mol. The van der Waals surface area contributed by atoms with Gasteiger partial charge in [0.2, 0.25) is 0 Å². The Balaban J connectivity index is 1.98. The Labute approximate surface area is 116 Å². The molecule has 0 radical (unpaired) electrons. The van der Waals surface area contributed by atoms with Crippen molar-refractivity contribution in [2.45, 2.75) is 10.8 Å². The maximum atomic E-state index is 12.7. The van der Waals surface area contributed by atoms with Crippen LogP contribution in [0.4, 0.5) is 0 Å². The highest BCUT2D eigenvalue weighted by Gasteiger charge is 2.30. The summed E-state index contributed by atoms with van der Waals surface area (Å²) in [6.45, 7) is 0. The standard InChI is InChI=1S/C16H14O2S/c1-18-14-8-4-2-7-12(14)16(17)13-10-19-15-9-5-3-6-11(13)15/h2-9,13H,10H2,1H3. The van der Waals surface area contributed by atoms with Crippen molar-refractivity contribution in [2.75, 3.05) is 12.9 Å². The lowest BCUT2D eigenvalue weighted by Crippen LogP contribution is -2.13. The molecule has 96 valence electrons. The first-order valence-corrected chi connectivity index (χ1v) is 7.19. The summed E-state index contributed by atoms with van der Waals surface area (Å²) < 4.78 is 5.29. The van der Waals surface area contributed by atoms with Gasteiger partial charge in [-0.3, -0.25) is 4.79 Å². The Bertz CT molecular complexity index is 622. The molecule has 0 aromatic heterocycles. The van der Waals surface area contributed by atoms with Gasteiger partial charge < -0.3 is 4.74 Å². The van der Waals surface area contributed by atoms with Crippen LogP contribution in [0.2, 0.25) is 0 Å². The van der Waals surface area contributed by atoms with Crippen molar-refractivity contribution < 1.29 is 9.53 Å². The molecule has 3 rings (SSSR count). The molecule has 1 atom stereocenters. The minimum atomic E-state index is -0.0579. The highest BCUT2D eigenvalue weighted by atomic mass is 32.2. The predicted molar refractivity (Wildman–Crippen MR) is 77.2 cm³/mol. The summed E-state index contributed by atoms with van der Waals surface area (Å²) in [5, 5.41) is 0. The lowest BCUT2D eigenvalue weighted by molar-refractivity contribution is 0.0965. The zero-order valence-corrected chi connectivity index (χ0v) is 11.4. The van der Waals surface area contributed by atoms with Crippen molar-refractivity contribution in [3.8, 4) is 5.75 Å². The molecule has 0 saturated carbocycles. The number of fused-ring (bicyclic) bond motifs is 1. The highest BCUT2D eigenvalue weighted by molar-refractivity contribution is 7.99. The lowest BCUT2D eigenvalue weighted by Gasteiger charge is -2.12. The van der Waals surface area contributed by atoms with Crippen LogP contribution in [0.25, 0.3) is 0 Å². The number of methoxy groups -OCH3 is 1. The van der Waals surface area contributed by atoms with E-state index in [2.05, 4.69) is 6.07 Å². The van der Waals surface area contributed by atoms with Crippen LogP contribution in [-0.2, 0) is 0 Å². The smallest absolute Gasteiger partial charge is 0.174 e. The number of ketones is 1. The van der Waals surface area contributed by atoms with Crippen LogP contribution < -0.4 is 4.74 Å². The second-order valence-electron chi connectivity index (χ2n) is 4.47. The molecule has 2 aromatic carbocycles. The Hall–Kier alpha value is -1.74. The van der Waals surface area contributed by atoms with Gasteiger partial charge in [-0.25, -0.2) is 0 Å². The third-order valence-electron chi connectivity index (χ3n) is 3.39. The molecule has 1 aliphatic heterocycles. The van der Waals surface area contributed by atoms with Crippen LogP contribution >= 0.6 is 11.8 Å². The Morgan fingerprint density at radius 1 is 1.16 bits per heavy atom. The number of carbonyl (C=O) groups is 1. The molecule has 0 spiro atoms. The fourth-order valence-electron chi connectivity index (χ4n) is 2.42. The number of para-hydroxylation sites is 1. The number of benzene rings is 2. The van der Waals surface area contributed by atoms with Crippen molar-refractivity contribution in [1.29, 1.82) is 0 Å². The molecule has 1 aliphatic rings. The first-order chi connectivity index (χ1) is 9.31. The first-order valence-electron chi connectivity index (χ1n) is 6.20. The molecule has 3 heteroatoms. The molecule has 0 bridgehead atoms. The second kappa shape index (κ2) is 5.10. The zero-order valence-electron chi connectivity index (χ0n) is 10.6. The average molecular weight is 270 g/mol. The van der Waals surface area contributed by atoms with Crippen molar-refractivity contribution in [1.82, 2.24) is 0 Å². The first kappa shape index (κ1) is 12.3. The largest absolute Gasteiger partial charge is 0.496 e. The van der Waals surface area contributed by atoms with Crippen LogP contribution in [0.1, 0.15) is 21.8 Å². The van der Waals surface area contributed by atoms with E-state index in [0.717, 1.165) is 11.3 Å². The third kappa shape index (κ3) is 2.15. The second-order valence-corrected chi connectivity index (χ2v) is 5.53. The monoisotopic (exact) mass is 270 g/mol. The van der Waals surface area contributed by atoms with E-state index in [1.54, 1.807) is 18.9 Å². The zero-order chi connectivity index (χ0) is 13.2. The van der Waals surface area contributed by atoms with Gasteiger partial charge in [-0.15, -0.1) is 11.8 Å². The van der Waals surface area contributed by atoms with Gasteiger partial charge in [-0.2, -0.15) is 0 Å². The molecular formula is C16H14O2S. The van der Waals surface area contributed by atoms with Gasteiger partial charge >= 0.3 is 0 Å². The summed E-state index contributed by atoms with van der Waals surface area (Å²) in [5.41, 5.74) is 1.82. The molecule has 2 nitrogen and oxygen atoms in total. The molecule has 2 aromatic rings. The van der Waals surface area contributed by atoms with Gasteiger partial charge in [0.05, 0.1) is 18.6 Å². The summed E-state index contributed by atoms with van der Waals surface area (Å²) >= 11 is 1.75. The van der Waals surface area contributed by atoms with Gasteiger partial charge in [0.1, 0.15) is 5.75 Å². The van der Waals surface area contributed by atoms with E-state index in [0.29, 0.717) is 11.3 Å². The Kier molecular flexibility index (Phi) is 3.30. The molecule has 0 aliphatic carbocycles. The van der Waals surface area contributed by atoms with Crippen LogP contribution in [-0.4, -0.2) is 18.6 Å². The molecule has 0 N–H and O–H groups in total. The van der Waals surface area contributed by atoms with Gasteiger partial charge in [-0.1, -0.05) is 30.3 Å². The maximum Gasteiger partial charge on any atom is 0.174 e. The maximum absolute atomic E-state index is 12.7. The number of thioether (sulfide) groups is 1. The quantitative estimate of drug-likeness (QED) is 0.794. The molecule has 19 heavy (non-hydrogen) atoms. The minimum Gasteiger partial charge on any atom is -0.496 e. The Morgan fingerprint density at radius 2 is 1.89 bits per heavy atom. The summed E-state index contributed by atoms with van der Waals surface area (Å²) in [6.07, 6.45) is 0. The van der Waals surface area contributed by atoms with E-state index < -0.39 is 0 Å². The van der Waals surface area contributed by atoms with E-state index in [-0.39, 0.29) is 11.7 Å². The molecule has 1 unspecified atom stereocenters. The van der Waals surface area contributed by atoms with Crippen molar-refractivity contribution in [3.63, 3.8) is 0 Å². The summed E-state index contributed by atoms with van der Waals surface area (Å²) in [4.78, 5) is 13.9. The topological polar surface area (TPSA) is 26.3 Å². The molecule has 1 heterocycles. The molecule has 0 fully saturated rings. The van der Waals surface area contributed by atoms with Gasteiger partial charge in [-0.05, 0) is 23.8 Å². The van der Waals surface area contributed by atoms with Crippen LogP contribution in [0.3, 0.4) is 0 Å². The number of rotatable bonds is 3. The summed E-state index contributed by atoms with van der Waals surface area (Å²) in [7, 11) is 1.60. The van der Waals surface area contributed by atoms with E-state index in [4.69, 9.17) is 4.74 Å². The number of ether oxygens (including phenoxy) is 1. The third-order valence-corrected chi connectivity index (χ3v) is 4.57. The van der Waals surface area contributed by atoms with Gasteiger partial charge in [0.15, 0.2) is 5.78 Å². The van der Waals surface area contributed by atoms with E-state index in [1.165, 1.54) is 4.90 Å². The highest BCUT2D eigenvalue weighted by Crippen LogP contribution is 2.41. The van der Waals surface area contributed by atoms with E-state index >= 15 is 0 Å². The number of carbonyl (C=O) groups excluding carboxylic acids is 1. The lowest BCUT2D eigenvalue weighted by atomic mass is 9.92. The van der Waals surface area contributed by atoms with Crippen molar-refractivity contribution >= 4 is 17.5 Å². The van der Waals surface area contributed by atoms with Gasteiger partial charge in [0.25, 0.3) is 0 Å². The van der Waals surface area contributed by atoms with Gasteiger partial charge in [0, 0.05) is 10.6 Å². The normalized spacial score (nSPS) is 17.0. The minimum absolute atomic E-state index is 0.0579. The fourth-order valence-corrected chi connectivity index (χ4v) is 3.64. The summed E-state index contributed by atoms with van der Waals surface area (Å²) in [5.74, 6) is 1.56. The van der Waals surface area contributed by atoms with Crippen LogP contribution in [0, 0.1) is 0 Å². The fraction of sp³-hybridized carbons (Fsp3) is 0.188. The van der Waals surface area contributed by atoms with Crippen LogP contribution in [0.15, 0.2) is 53.4 Å². The van der Waals surface area contributed by atoms with E-state index in [1.807, 2.05) is 42.5 Å². The average Bonchev–Trinajstić information content (AvgIpc) is 2.90. The molecule has 0 saturated heterocycles. The number of hydrogen-bond acceptors (Lipinski definition) is 3. The van der Waals surface area contributed by atoms with Crippen molar-refractivity contribution in [3.05, 3.63) is 59.7 Å². The molecule has 0 amide bonds. The summed E-state index contributed by atoms with van der Waals surface area (Å²) in [6, 6.07) is 15.6. The SMILES string of the molecule is COc1ccccc1C(=O)C1CSc2ccccc21. The van der Waals surface area contributed by atoms with E-state index in [9.17, 15) is 4.79 Å². The predicted octanol–water partition coefficient (Wildman–Crippen LogP) is 3.77. The number of hydrogen-bond donors (Lipinski definition) is 0.